The predicted molar refractivity (Wildman–Crippen MR) is 123 cm³/mol. The van der Waals surface area contributed by atoms with Crippen LogP contribution in [-0.4, -0.2) is 28.1 Å². The Kier molecular flexibility index (Phi) is 4.42. The van der Waals surface area contributed by atoms with Crippen LogP contribution in [0.4, 0.5) is 11.5 Å². The van der Waals surface area contributed by atoms with E-state index in [4.69, 9.17) is 0 Å². The van der Waals surface area contributed by atoms with Gasteiger partial charge in [0.25, 0.3) is 0 Å². The molecule has 0 saturated heterocycles. The highest BCUT2D eigenvalue weighted by Gasteiger charge is 2.57. The molecular formula is C26H26N4O2. The molecule has 2 aromatic carbocycles. The maximum Gasteiger partial charge on any atom is 0.242 e. The topological polar surface area (TPSA) is 67.2 Å². The van der Waals surface area contributed by atoms with Crippen LogP contribution in [0.25, 0.3) is 5.69 Å². The molecule has 2 amide bonds. The van der Waals surface area contributed by atoms with Crippen molar-refractivity contribution in [2.24, 2.45) is 5.92 Å². The Bertz CT molecular complexity index is 1200. The first-order valence-corrected chi connectivity index (χ1v) is 11.5. The second kappa shape index (κ2) is 7.33. The number of nitrogens with one attached hydrogen (secondary N) is 1. The molecule has 2 aliphatic heterocycles. The molecule has 0 radical (unpaired) electrons. The van der Waals surface area contributed by atoms with Crippen molar-refractivity contribution in [3.63, 3.8) is 0 Å². The number of anilines is 2. The molecule has 3 aliphatic rings. The van der Waals surface area contributed by atoms with Crippen LogP contribution in [-0.2, 0) is 15.0 Å². The smallest absolute Gasteiger partial charge is 0.242 e. The van der Waals surface area contributed by atoms with Gasteiger partial charge in [0.15, 0.2) is 0 Å². The Morgan fingerprint density at radius 1 is 0.938 bits per heavy atom. The average Bonchev–Trinajstić information content (AvgIpc) is 3.35. The summed E-state index contributed by atoms with van der Waals surface area (Å²) >= 11 is 0. The van der Waals surface area contributed by atoms with E-state index in [1.165, 1.54) is 19.3 Å². The summed E-state index contributed by atoms with van der Waals surface area (Å²) in [6.07, 6.45) is 7.95. The summed E-state index contributed by atoms with van der Waals surface area (Å²) in [6.45, 7) is 0.724. The van der Waals surface area contributed by atoms with E-state index in [0.717, 1.165) is 41.9 Å². The highest BCUT2D eigenvalue weighted by molar-refractivity contribution is 6.15. The third kappa shape index (κ3) is 2.75. The summed E-state index contributed by atoms with van der Waals surface area (Å²) in [6, 6.07) is 17.7. The largest absolute Gasteiger partial charge is 0.311 e. The summed E-state index contributed by atoms with van der Waals surface area (Å²) in [4.78, 5) is 29.1. The van der Waals surface area contributed by atoms with Crippen LogP contribution < -0.4 is 10.2 Å². The first-order chi connectivity index (χ1) is 15.7. The molecular weight excluding hydrogens is 400 g/mol. The van der Waals surface area contributed by atoms with Gasteiger partial charge in [-0.25, -0.2) is 4.68 Å². The molecule has 6 rings (SSSR count). The van der Waals surface area contributed by atoms with Gasteiger partial charge < -0.3 is 10.2 Å². The van der Waals surface area contributed by atoms with Crippen LogP contribution >= 0.6 is 0 Å². The first kappa shape index (κ1) is 19.3. The molecule has 6 nitrogen and oxygen atoms in total. The number of nitrogens with zero attached hydrogens (tertiary/aromatic N) is 3. The van der Waals surface area contributed by atoms with Crippen molar-refractivity contribution in [1.29, 1.82) is 0 Å². The van der Waals surface area contributed by atoms with Gasteiger partial charge in [-0.05, 0) is 42.5 Å². The number of para-hydroxylation sites is 2. The van der Waals surface area contributed by atoms with Crippen molar-refractivity contribution >= 4 is 23.3 Å². The molecule has 1 aliphatic carbocycles. The zero-order chi connectivity index (χ0) is 21.7. The molecule has 6 heteroatoms. The second-order valence-corrected chi connectivity index (χ2v) is 9.22. The second-order valence-electron chi connectivity index (χ2n) is 9.22. The Morgan fingerprint density at radius 2 is 1.69 bits per heavy atom. The van der Waals surface area contributed by atoms with Gasteiger partial charge in [-0.1, -0.05) is 55.7 Å². The van der Waals surface area contributed by atoms with E-state index in [2.05, 4.69) is 10.4 Å². The number of hydrogen-bond donors (Lipinski definition) is 1. The highest BCUT2D eigenvalue weighted by atomic mass is 16.2. The predicted octanol–water partition coefficient (Wildman–Crippen LogP) is 4.43. The molecule has 1 atom stereocenters. The van der Waals surface area contributed by atoms with Gasteiger partial charge in [0.2, 0.25) is 11.8 Å². The lowest BCUT2D eigenvalue weighted by molar-refractivity contribution is -0.126. The monoisotopic (exact) mass is 426 g/mol. The number of benzene rings is 2. The Hall–Kier alpha value is -3.41. The summed E-state index contributed by atoms with van der Waals surface area (Å²) in [7, 11) is 0. The molecule has 162 valence electrons. The van der Waals surface area contributed by atoms with Gasteiger partial charge in [-0.2, -0.15) is 5.10 Å². The number of rotatable bonds is 3. The molecule has 1 spiro atoms. The van der Waals surface area contributed by atoms with Crippen LogP contribution in [0, 0.1) is 5.92 Å². The quantitative estimate of drug-likeness (QED) is 0.674. The standard InChI is InChI=1S/C26H26N4O2/c31-23-15-26(21-16-27-30(24(21)28-23)19-11-5-2-6-12-19)20-13-7-8-14-22(20)29(25(26)32)17-18-9-3-1-4-10-18/h2,5-8,11-14,16,18H,1,3-4,9-10,15,17H2,(H,28,31)/t26-/m1/s1. The fourth-order valence-corrected chi connectivity index (χ4v) is 5.82. The number of fused-ring (bicyclic) bond motifs is 4. The number of amides is 2. The van der Waals surface area contributed by atoms with Gasteiger partial charge in [0.05, 0.1) is 11.9 Å². The van der Waals surface area contributed by atoms with Gasteiger partial charge in [-0.15, -0.1) is 0 Å². The molecule has 0 bridgehead atoms. The molecule has 3 aromatic rings. The zero-order valence-corrected chi connectivity index (χ0v) is 18.0. The van der Waals surface area contributed by atoms with Crippen molar-refractivity contribution in [2.75, 3.05) is 16.8 Å². The third-order valence-corrected chi connectivity index (χ3v) is 7.34. The van der Waals surface area contributed by atoms with E-state index in [9.17, 15) is 9.59 Å². The molecule has 0 unspecified atom stereocenters. The van der Waals surface area contributed by atoms with Crippen molar-refractivity contribution in [3.05, 3.63) is 71.9 Å². The minimum atomic E-state index is -1.02. The van der Waals surface area contributed by atoms with E-state index in [1.807, 2.05) is 59.5 Å². The lowest BCUT2D eigenvalue weighted by atomic mass is 9.72. The minimum Gasteiger partial charge on any atom is -0.311 e. The van der Waals surface area contributed by atoms with Crippen LogP contribution in [0.15, 0.2) is 60.8 Å². The highest BCUT2D eigenvalue weighted by Crippen LogP contribution is 2.52. The lowest BCUT2D eigenvalue weighted by Crippen LogP contribution is -2.47. The molecule has 3 heterocycles. The number of carbonyl (C=O) groups excluding carboxylic acids is 2. The Balaban J connectivity index is 1.49. The van der Waals surface area contributed by atoms with Crippen LogP contribution in [0.1, 0.15) is 49.7 Å². The average molecular weight is 427 g/mol. The van der Waals surface area contributed by atoms with Gasteiger partial charge >= 0.3 is 0 Å². The summed E-state index contributed by atoms with van der Waals surface area (Å²) < 4.78 is 1.73. The molecule has 1 aromatic heterocycles. The Morgan fingerprint density at radius 3 is 2.50 bits per heavy atom. The number of carbonyl (C=O) groups is 2. The normalized spacial score (nSPS) is 22.7. The number of hydrogen-bond acceptors (Lipinski definition) is 3. The SMILES string of the molecule is O=C1C[C@]2(C(=O)N(CC3CCCCC3)c3ccccc32)c2cnn(-c3ccccc3)c2N1. The van der Waals surface area contributed by atoms with Gasteiger partial charge in [0.1, 0.15) is 11.2 Å². The fourth-order valence-electron chi connectivity index (χ4n) is 5.82. The molecule has 32 heavy (non-hydrogen) atoms. The third-order valence-electron chi connectivity index (χ3n) is 7.34. The van der Waals surface area contributed by atoms with Crippen LogP contribution in [0.2, 0.25) is 0 Å². The van der Waals surface area contributed by atoms with Crippen molar-refractivity contribution < 1.29 is 9.59 Å². The van der Waals surface area contributed by atoms with Crippen LogP contribution in [0.5, 0.6) is 0 Å². The molecule has 1 N–H and O–H groups in total. The maximum atomic E-state index is 14.2. The Labute approximate surface area is 187 Å². The van der Waals surface area contributed by atoms with E-state index in [-0.39, 0.29) is 18.2 Å². The van der Waals surface area contributed by atoms with Crippen molar-refractivity contribution in [2.45, 2.75) is 43.9 Å². The molecule has 1 saturated carbocycles. The van der Waals surface area contributed by atoms with Gasteiger partial charge in [-0.3, -0.25) is 9.59 Å². The maximum absolute atomic E-state index is 14.2. The summed E-state index contributed by atoms with van der Waals surface area (Å²) in [5, 5.41) is 7.60. The van der Waals surface area contributed by atoms with E-state index in [1.54, 1.807) is 10.9 Å². The zero-order valence-electron chi connectivity index (χ0n) is 18.0. The fraction of sp³-hybridized carbons (Fsp3) is 0.346. The minimum absolute atomic E-state index is 0.00739. The van der Waals surface area contributed by atoms with Crippen molar-refractivity contribution in [3.8, 4) is 5.69 Å². The first-order valence-electron chi connectivity index (χ1n) is 11.5. The molecule has 1 fully saturated rings. The van der Waals surface area contributed by atoms with E-state index in [0.29, 0.717) is 11.7 Å². The number of aromatic nitrogens is 2. The van der Waals surface area contributed by atoms with Gasteiger partial charge in [0, 0.05) is 24.2 Å². The van der Waals surface area contributed by atoms with Crippen molar-refractivity contribution in [1.82, 2.24) is 9.78 Å². The van der Waals surface area contributed by atoms with E-state index < -0.39 is 5.41 Å². The van der Waals surface area contributed by atoms with E-state index >= 15 is 0 Å². The van der Waals surface area contributed by atoms with Crippen LogP contribution in [0.3, 0.4) is 0 Å². The summed E-state index contributed by atoms with van der Waals surface area (Å²) in [5.41, 5.74) is 2.48. The summed E-state index contributed by atoms with van der Waals surface area (Å²) in [5.74, 6) is 0.959. The lowest BCUT2D eigenvalue weighted by Gasteiger charge is -2.33.